The second-order valence-corrected chi connectivity index (χ2v) is 7.09. The number of piperidine rings is 3. The van der Waals surface area contributed by atoms with Crippen LogP contribution in [-0.2, 0) is 11.3 Å². The highest BCUT2D eigenvalue weighted by molar-refractivity contribution is 5.91. The lowest BCUT2D eigenvalue weighted by molar-refractivity contribution is -0.945. The first-order valence-electron chi connectivity index (χ1n) is 8.61. The van der Waals surface area contributed by atoms with E-state index in [0.29, 0.717) is 24.2 Å². The Kier molecular flexibility index (Phi) is 4.80. The van der Waals surface area contributed by atoms with Gasteiger partial charge >= 0.3 is 0 Å². The maximum atomic E-state index is 12.6. The molecule has 0 saturated carbocycles. The van der Waals surface area contributed by atoms with Crippen LogP contribution in [-0.4, -0.2) is 64.3 Å². The van der Waals surface area contributed by atoms with Gasteiger partial charge in [0.15, 0.2) is 5.78 Å². The number of rotatable bonds is 6. The molecule has 0 aliphatic carbocycles. The first-order valence-corrected chi connectivity index (χ1v) is 8.61. The van der Waals surface area contributed by atoms with E-state index in [1.165, 1.54) is 11.8 Å². The second-order valence-electron chi connectivity index (χ2n) is 7.09. The topological polar surface area (TPSA) is 72.5 Å². The van der Waals surface area contributed by atoms with Crippen LogP contribution >= 0.6 is 0 Å². The molecule has 4 heterocycles. The van der Waals surface area contributed by atoms with Crippen molar-refractivity contribution >= 4 is 11.7 Å². The van der Waals surface area contributed by atoms with Crippen LogP contribution in [0.25, 0.3) is 0 Å². The number of fused-ring (bicyclic) bond motifs is 3. The number of carbonyl (C=O) groups is 2. The van der Waals surface area contributed by atoms with Crippen molar-refractivity contribution in [1.82, 2.24) is 19.9 Å². The Balaban J connectivity index is 1.63. The van der Waals surface area contributed by atoms with E-state index in [0.717, 1.165) is 32.5 Å². The van der Waals surface area contributed by atoms with E-state index >= 15 is 0 Å². The summed E-state index contributed by atoms with van der Waals surface area (Å²) in [5.74, 6) is 0.756. The molecule has 1 amide bonds. The molecule has 0 aromatic carbocycles. The number of hydrogen-bond donors (Lipinski definition) is 1. The summed E-state index contributed by atoms with van der Waals surface area (Å²) in [6.45, 7) is 8.58. The van der Waals surface area contributed by atoms with Gasteiger partial charge in [-0.2, -0.15) is 0 Å². The third-order valence-electron chi connectivity index (χ3n) is 5.46. The van der Waals surface area contributed by atoms with Crippen LogP contribution in [0, 0.1) is 11.8 Å². The van der Waals surface area contributed by atoms with E-state index in [9.17, 15) is 9.59 Å². The predicted octanol–water partition coefficient (Wildman–Crippen LogP) is -0.582. The Hall–Kier alpha value is -2.02. The van der Waals surface area contributed by atoms with Crippen LogP contribution in [0.15, 0.2) is 18.9 Å². The highest BCUT2D eigenvalue weighted by Crippen LogP contribution is 2.28. The van der Waals surface area contributed by atoms with E-state index < -0.39 is 0 Å². The van der Waals surface area contributed by atoms with Gasteiger partial charge in [0, 0.05) is 33.4 Å². The number of Topliss-reactive ketones (excluding diaryl/α,β-unsaturated/α-hetero) is 1. The van der Waals surface area contributed by atoms with Gasteiger partial charge in [-0.25, -0.2) is 4.68 Å². The predicted molar refractivity (Wildman–Crippen MR) is 88.6 cm³/mol. The maximum absolute atomic E-state index is 12.6. The molecule has 0 radical (unpaired) electrons. The lowest BCUT2D eigenvalue weighted by Crippen LogP contribution is -3.20. The summed E-state index contributed by atoms with van der Waals surface area (Å²) >= 11 is 0. The number of aromatic nitrogens is 3. The number of ketones is 1. The molecule has 1 aromatic heterocycles. The van der Waals surface area contributed by atoms with Crippen LogP contribution in [0.4, 0.5) is 0 Å². The van der Waals surface area contributed by atoms with Gasteiger partial charge in [-0.05, 0) is 5.92 Å². The molecular weight excluding hydrogens is 306 g/mol. The summed E-state index contributed by atoms with van der Waals surface area (Å²) in [6, 6.07) is 0.444. The smallest absolute Gasteiger partial charge is 0.231 e. The zero-order valence-corrected chi connectivity index (χ0v) is 14.4. The van der Waals surface area contributed by atoms with Crippen molar-refractivity contribution in [3.05, 3.63) is 24.5 Å². The van der Waals surface area contributed by atoms with Gasteiger partial charge in [-0.15, -0.1) is 11.7 Å². The molecule has 4 atom stereocenters. The van der Waals surface area contributed by atoms with Crippen molar-refractivity contribution in [2.75, 3.05) is 26.7 Å². The Morgan fingerprint density at radius 1 is 1.54 bits per heavy atom. The van der Waals surface area contributed by atoms with E-state index in [1.807, 2.05) is 7.05 Å². The van der Waals surface area contributed by atoms with Gasteiger partial charge in [0.05, 0.1) is 31.7 Å². The number of hydrogen-bond acceptors (Lipinski definition) is 4. The molecule has 3 fully saturated rings. The molecule has 1 unspecified atom stereocenters. The maximum Gasteiger partial charge on any atom is 0.231 e. The Bertz CT molecular complexity index is 641. The third kappa shape index (κ3) is 3.26. The molecule has 7 nitrogen and oxygen atoms in total. The number of quaternary nitrogens is 1. The summed E-state index contributed by atoms with van der Waals surface area (Å²) in [4.78, 5) is 27.2. The van der Waals surface area contributed by atoms with Crippen LogP contribution in [0.1, 0.15) is 30.3 Å². The molecule has 130 valence electrons. The zero-order valence-electron chi connectivity index (χ0n) is 14.4. The molecule has 4 rings (SSSR count). The van der Waals surface area contributed by atoms with Crippen molar-refractivity contribution in [3.8, 4) is 0 Å². The molecule has 1 aromatic rings. The van der Waals surface area contributed by atoms with Gasteiger partial charge in [0.2, 0.25) is 5.91 Å². The highest BCUT2D eigenvalue weighted by Gasteiger charge is 2.47. The fourth-order valence-corrected chi connectivity index (χ4v) is 4.14. The summed E-state index contributed by atoms with van der Waals surface area (Å²) < 4.78 is 1.77. The van der Waals surface area contributed by atoms with E-state index in [1.54, 1.807) is 21.9 Å². The van der Waals surface area contributed by atoms with E-state index in [-0.39, 0.29) is 17.6 Å². The largest absolute Gasteiger partial charge is 0.342 e. The summed E-state index contributed by atoms with van der Waals surface area (Å²) in [7, 11) is 1.85. The molecule has 3 aliphatic rings. The van der Waals surface area contributed by atoms with Crippen molar-refractivity contribution in [3.63, 3.8) is 0 Å². The Morgan fingerprint density at radius 3 is 2.92 bits per heavy atom. The average Bonchev–Trinajstić information content (AvgIpc) is 3.04. The van der Waals surface area contributed by atoms with Gasteiger partial charge in [0.25, 0.3) is 0 Å². The molecule has 7 heteroatoms. The first kappa shape index (κ1) is 16.8. The number of carbonyl (C=O) groups excluding carboxylic acids is 2. The van der Waals surface area contributed by atoms with Crippen molar-refractivity contribution in [2.45, 2.75) is 32.4 Å². The van der Waals surface area contributed by atoms with Crippen LogP contribution in [0.2, 0.25) is 0 Å². The SMILES string of the molecule is C=CCN(C)C(=O)[C@H]1C[NH+]2CC[C@H]1C[C@@H]2Cn1cc(C(C)=O)nn1. The lowest BCUT2D eigenvalue weighted by Gasteiger charge is -2.46. The standard InChI is InChI=1S/C17H25N5O2/c1-4-6-20(3)17(24)15-10-21-7-5-13(15)8-14(21)9-22-11-16(12(2)23)18-19-22/h4,11,13-15H,1,5-10H2,2-3H3/p+1/t13-,14+,15-/m0/s1. The van der Waals surface area contributed by atoms with Crippen molar-refractivity contribution in [2.24, 2.45) is 11.8 Å². The lowest BCUT2D eigenvalue weighted by atomic mass is 9.75. The first-order chi connectivity index (χ1) is 11.5. The summed E-state index contributed by atoms with van der Waals surface area (Å²) in [5, 5.41) is 7.98. The normalized spacial score (nSPS) is 28.6. The quantitative estimate of drug-likeness (QED) is 0.559. The van der Waals surface area contributed by atoms with E-state index in [2.05, 4.69) is 16.9 Å². The third-order valence-corrected chi connectivity index (χ3v) is 5.46. The Labute approximate surface area is 142 Å². The fraction of sp³-hybridized carbons (Fsp3) is 0.647. The number of likely N-dealkylation sites (N-methyl/N-ethyl adjacent to an activating group) is 1. The van der Waals surface area contributed by atoms with Crippen molar-refractivity contribution < 1.29 is 14.5 Å². The summed E-state index contributed by atoms with van der Waals surface area (Å²) in [5.41, 5.74) is 0.417. The highest BCUT2D eigenvalue weighted by atomic mass is 16.2. The molecule has 3 saturated heterocycles. The Morgan fingerprint density at radius 2 is 2.33 bits per heavy atom. The molecular formula is C17H26N5O2+. The van der Waals surface area contributed by atoms with Gasteiger partial charge in [-0.3, -0.25) is 9.59 Å². The monoisotopic (exact) mass is 332 g/mol. The van der Waals surface area contributed by atoms with E-state index in [4.69, 9.17) is 0 Å². The number of nitrogens with one attached hydrogen (secondary N) is 1. The number of amides is 1. The minimum absolute atomic E-state index is 0.0602. The molecule has 1 N–H and O–H groups in total. The zero-order chi connectivity index (χ0) is 17.3. The molecule has 24 heavy (non-hydrogen) atoms. The van der Waals surface area contributed by atoms with Crippen molar-refractivity contribution in [1.29, 1.82) is 0 Å². The molecule has 2 bridgehead atoms. The van der Waals surface area contributed by atoms with Crippen LogP contribution < -0.4 is 4.90 Å². The minimum Gasteiger partial charge on any atom is -0.342 e. The second kappa shape index (κ2) is 6.84. The van der Waals surface area contributed by atoms with Crippen LogP contribution in [0.3, 0.4) is 0 Å². The van der Waals surface area contributed by atoms with Gasteiger partial charge in [-0.1, -0.05) is 11.3 Å². The van der Waals surface area contributed by atoms with Crippen LogP contribution in [0.5, 0.6) is 0 Å². The average molecular weight is 332 g/mol. The van der Waals surface area contributed by atoms with Gasteiger partial charge < -0.3 is 9.80 Å². The molecule has 0 spiro atoms. The fourth-order valence-electron chi connectivity index (χ4n) is 4.14. The number of nitrogens with zero attached hydrogens (tertiary/aromatic N) is 4. The van der Waals surface area contributed by atoms with Gasteiger partial charge in [0.1, 0.15) is 11.7 Å². The minimum atomic E-state index is -0.0602. The summed E-state index contributed by atoms with van der Waals surface area (Å²) in [6.07, 6.45) is 5.64. The molecule has 3 aliphatic heterocycles.